The van der Waals surface area contributed by atoms with E-state index in [1.54, 1.807) is 0 Å². The van der Waals surface area contributed by atoms with Gasteiger partial charge in [0.2, 0.25) is 0 Å². The smallest absolute Gasteiger partial charge is 0.282 e. The lowest BCUT2D eigenvalue weighted by Crippen LogP contribution is -2.65. The number of halogens is 11. The highest BCUT2D eigenvalue weighted by Gasteiger charge is 2.83. The number of carbonyl (C=O) groups is 1. The van der Waals surface area contributed by atoms with Gasteiger partial charge < -0.3 is 0 Å². The van der Waals surface area contributed by atoms with Crippen molar-refractivity contribution in [1.29, 1.82) is 0 Å². The predicted molar refractivity (Wildman–Crippen MR) is 36.5 cm³/mol. The number of ketones is 1. The summed E-state index contributed by atoms with van der Waals surface area (Å²) in [4.78, 5) is 9.97. The fourth-order valence-corrected chi connectivity index (χ4v) is 0.793. The van der Waals surface area contributed by atoms with Crippen molar-refractivity contribution in [1.82, 2.24) is 0 Å². The van der Waals surface area contributed by atoms with Gasteiger partial charge in [0.1, 0.15) is 0 Å². The summed E-state index contributed by atoms with van der Waals surface area (Å²) < 4.78 is 134. The molecular formula is C7H3F11O. The van der Waals surface area contributed by atoms with Gasteiger partial charge in [0, 0.05) is 6.92 Å². The molecule has 0 aromatic carbocycles. The normalized spacial score (nSPS) is 15.6. The summed E-state index contributed by atoms with van der Waals surface area (Å²) >= 11 is 0. The van der Waals surface area contributed by atoms with Crippen LogP contribution in [0.4, 0.5) is 48.3 Å². The zero-order chi connectivity index (χ0) is 16.1. The number of hydrogen-bond acceptors (Lipinski definition) is 1. The maximum Gasteiger partial charge on any atom is 0.456 e. The Morgan fingerprint density at radius 1 is 0.684 bits per heavy atom. The molecule has 0 aromatic rings. The number of carbonyl (C=O) groups excluding carboxylic acids is 1. The molecule has 0 aliphatic carbocycles. The van der Waals surface area contributed by atoms with Crippen LogP contribution >= 0.6 is 0 Å². The first-order chi connectivity index (χ1) is 7.90. The Morgan fingerprint density at radius 3 is 1.21 bits per heavy atom. The minimum atomic E-state index is -7.23. The van der Waals surface area contributed by atoms with Gasteiger partial charge in [0.05, 0.1) is 0 Å². The molecule has 0 unspecified atom stereocenters. The van der Waals surface area contributed by atoms with Gasteiger partial charge in [0.25, 0.3) is 0 Å². The van der Waals surface area contributed by atoms with Crippen molar-refractivity contribution in [3.8, 4) is 0 Å². The number of Topliss-reactive ketones (excluding diaryl/α,β-unsaturated/α-hetero) is 1. The lowest BCUT2D eigenvalue weighted by molar-refractivity contribution is -0.356. The average molecular weight is 312 g/mol. The van der Waals surface area contributed by atoms with Crippen LogP contribution in [-0.2, 0) is 4.79 Å². The molecule has 0 bridgehead atoms. The second-order valence-electron chi connectivity index (χ2n) is 3.44. The SMILES string of the molecule is CC(F)(F)C(F)(F)C(F)(F)C(F)(F)C(=O)C(F)(F)F. The van der Waals surface area contributed by atoms with E-state index in [4.69, 9.17) is 0 Å². The molecule has 0 fully saturated rings. The van der Waals surface area contributed by atoms with Crippen LogP contribution in [0.3, 0.4) is 0 Å². The molecule has 0 radical (unpaired) electrons. The number of rotatable bonds is 4. The largest absolute Gasteiger partial charge is 0.456 e. The summed E-state index contributed by atoms with van der Waals surface area (Å²) in [6.45, 7) is -0.908. The lowest BCUT2D eigenvalue weighted by atomic mass is 9.96. The number of hydrogen-bond donors (Lipinski definition) is 0. The van der Waals surface area contributed by atoms with Gasteiger partial charge >= 0.3 is 35.6 Å². The molecule has 0 aliphatic rings. The highest BCUT2D eigenvalue weighted by molar-refractivity contribution is 5.91. The van der Waals surface area contributed by atoms with E-state index in [2.05, 4.69) is 0 Å². The average Bonchev–Trinajstić information content (AvgIpc) is 2.12. The molecule has 0 aromatic heterocycles. The summed E-state index contributed by atoms with van der Waals surface area (Å²) in [5.41, 5.74) is 0. The Hall–Kier alpha value is -1.10. The van der Waals surface area contributed by atoms with E-state index < -0.39 is 42.6 Å². The summed E-state index contributed by atoms with van der Waals surface area (Å²) in [5.74, 6) is -31.5. The van der Waals surface area contributed by atoms with Gasteiger partial charge in [-0.15, -0.1) is 0 Å². The highest BCUT2D eigenvalue weighted by Crippen LogP contribution is 2.53. The molecule has 1 nitrogen and oxygen atoms in total. The monoisotopic (exact) mass is 312 g/mol. The van der Waals surface area contributed by atoms with E-state index >= 15 is 0 Å². The summed E-state index contributed by atoms with van der Waals surface area (Å²) in [6, 6.07) is 0. The highest BCUT2D eigenvalue weighted by atomic mass is 19.4. The first-order valence-electron chi connectivity index (χ1n) is 4.03. The maximum absolute atomic E-state index is 12.6. The van der Waals surface area contributed by atoms with Crippen molar-refractivity contribution >= 4 is 5.78 Å². The van der Waals surface area contributed by atoms with E-state index in [1.807, 2.05) is 0 Å². The van der Waals surface area contributed by atoms with Crippen LogP contribution in [-0.4, -0.2) is 35.6 Å². The molecule has 0 rings (SSSR count). The van der Waals surface area contributed by atoms with Crippen molar-refractivity contribution in [2.24, 2.45) is 0 Å². The summed E-state index contributed by atoms with van der Waals surface area (Å²) in [5, 5.41) is 0. The Bertz CT molecular complexity index is 360. The van der Waals surface area contributed by atoms with Crippen molar-refractivity contribution in [3.63, 3.8) is 0 Å². The topological polar surface area (TPSA) is 17.1 Å². The molecule has 0 saturated heterocycles. The Kier molecular flexibility index (Phi) is 3.96. The molecule has 0 N–H and O–H groups in total. The molecule has 0 spiro atoms. The molecular weight excluding hydrogens is 309 g/mol. The van der Waals surface area contributed by atoms with Gasteiger partial charge in [-0.05, 0) is 0 Å². The molecule has 19 heavy (non-hydrogen) atoms. The fourth-order valence-electron chi connectivity index (χ4n) is 0.793. The third-order valence-corrected chi connectivity index (χ3v) is 1.88. The van der Waals surface area contributed by atoms with E-state index in [1.165, 1.54) is 0 Å². The third kappa shape index (κ3) is 2.61. The number of alkyl halides is 11. The second kappa shape index (κ2) is 4.20. The van der Waals surface area contributed by atoms with Crippen LogP contribution in [0.1, 0.15) is 6.92 Å². The zero-order valence-corrected chi connectivity index (χ0v) is 8.57. The third-order valence-electron chi connectivity index (χ3n) is 1.88. The fraction of sp³-hybridized carbons (Fsp3) is 0.857. The van der Waals surface area contributed by atoms with Crippen LogP contribution in [0.2, 0.25) is 0 Å². The molecule has 0 aliphatic heterocycles. The van der Waals surface area contributed by atoms with Gasteiger partial charge in [-0.1, -0.05) is 0 Å². The quantitative estimate of drug-likeness (QED) is 0.724. The Balaban J connectivity index is 5.86. The maximum atomic E-state index is 12.6. The zero-order valence-electron chi connectivity index (χ0n) is 8.57. The van der Waals surface area contributed by atoms with E-state index in [0.717, 1.165) is 0 Å². The van der Waals surface area contributed by atoms with Crippen LogP contribution in [0.5, 0.6) is 0 Å². The van der Waals surface area contributed by atoms with Crippen LogP contribution in [0.15, 0.2) is 0 Å². The molecule has 0 saturated carbocycles. The summed E-state index contributed by atoms with van der Waals surface area (Å²) in [6.07, 6.45) is -6.61. The van der Waals surface area contributed by atoms with Gasteiger partial charge in [-0.25, -0.2) is 0 Å². The minimum Gasteiger partial charge on any atom is -0.282 e. The predicted octanol–water partition coefficient (Wildman–Crippen LogP) is 3.68. The molecule has 0 heterocycles. The molecule has 0 amide bonds. The first-order valence-corrected chi connectivity index (χ1v) is 4.03. The summed E-state index contributed by atoms with van der Waals surface area (Å²) in [7, 11) is 0. The second-order valence-corrected chi connectivity index (χ2v) is 3.44. The van der Waals surface area contributed by atoms with Gasteiger partial charge in [0.15, 0.2) is 0 Å². The standard InChI is InChI=1S/C7H3F11O/c1-3(8,9)6(15,16)7(17,18)4(10,11)2(19)5(12,13)14/h1H3. The van der Waals surface area contributed by atoms with E-state index in [0.29, 0.717) is 0 Å². The molecule has 12 heteroatoms. The van der Waals surface area contributed by atoms with Crippen molar-refractivity contribution in [2.75, 3.05) is 0 Å². The van der Waals surface area contributed by atoms with Crippen molar-refractivity contribution < 1.29 is 53.1 Å². The van der Waals surface area contributed by atoms with E-state index in [-0.39, 0.29) is 0 Å². The van der Waals surface area contributed by atoms with Crippen LogP contribution < -0.4 is 0 Å². The lowest BCUT2D eigenvalue weighted by Gasteiger charge is -2.34. The molecule has 0 atom stereocenters. The van der Waals surface area contributed by atoms with Gasteiger partial charge in [-0.2, -0.15) is 48.3 Å². The van der Waals surface area contributed by atoms with E-state index in [9.17, 15) is 53.1 Å². The van der Waals surface area contributed by atoms with Crippen molar-refractivity contribution in [2.45, 2.75) is 36.8 Å². The Labute approximate surface area is 96.9 Å². The Morgan fingerprint density at radius 2 is 1.00 bits per heavy atom. The first kappa shape index (κ1) is 17.9. The minimum absolute atomic E-state index is 0.908. The van der Waals surface area contributed by atoms with Crippen LogP contribution in [0.25, 0.3) is 0 Å². The van der Waals surface area contributed by atoms with Crippen molar-refractivity contribution in [3.05, 3.63) is 0 Å². The van der Waals surface area contributed by atoms with Crippen LogP contribution in [0, 0.1) is 0 Å². The van der Waals surface area contributed by atoms with Gasteiger partial charge in [-0.3, -0.25) is 4.79 Å². The molecule has 114 valence electrons.